The van der Waals surface area contributed by atoms with Crippen LogP contribution in [0, 0.1) is 0 Å². The molecule has 6 rings (SSSR count). The summed E-state index contributed by atoms with van der Waals surface area (Å²) in [6.45, 7) is 1.83. The number of rotatable bonds is 14. The summed E-state index contributed by atoms with van der Waals surface area (Å²) in [5.74, 6) is -0.748. The van der Waals surface area contributed by atoms with E-state index in [2.05, 4.69) is 36.2 Å². The fourth-order valence-electron chi connectivity index (χ4n) is 5.80. The molecule has 4 heterocycles. The Bertz CT molecular complexity index is 2120. The summed E-state index contributed by atoms with van der Waals surface area (Å²) in [5, 5.41) is 33.0. The highest BCUT2D eigenvalue weighted by Gasteiger charge is 2.45. The van der Waals surface area contributed by atoms with Crippen LogP contribution in [0.25, 0.3) is 11.2 Å². The number of aliphatic hydroxyl groups excluding tert-OH is 2. The largest absolute Gasteiger partial charge is 0.459 e. The van der Waals surface area contributed by atoms with Crippen LogP contribution in [0.1, 0.15) is 34.6 Å². The minimum absolute atomic E-state index is 0.127. The zero-order chi connectivity index (χ0) is 38.2. The molecule has 17 nitrogen and oxygen atoms in total. The van der Waals surface area contributed by atoms with Crippen molar-refractivity contribution in [3.05, 3.63) is 102 Å². The highest BCUT2D eigenvalue weighted by molar-refractivity contribution is 5.92. The molecule has 2 aromatic carbocycles. The fraction of sp³-hybridized carbons (Fsp3) is 0.297. The van der Waals surface area contributed by atoms with Crippen LogP contribution in [0.2, 0.25) is 0 Å². The second kappa shape index (κ2) is 17.0. The number of fused-ring (bicyclic) bond motifs is 1. The molecule has 1 saturated heterocycles. The van der Waals surface area contributed by atoms with Gasteiger partial charge >= 0.3 is 5.97 Å². The van der Waals surface area contributed by atoms with E-state index in [0.717, 1.165) is 11.1 Å². The summed E-state index contributed by atoms with van der Waals surface area (Å²) >= 11 is 0. The molecule has 1 aliphatic rings. The van der Waals surface area contributed by atoms with Gasteiger partial charge in [0.2, 0.25) is 17.7 Å². The summed E-state index contributed by atoms with van der Waals surface area (Å²) in [7, 11) is 1.78. The number of aromatic nitrogens is 5. The maximum atomic E-state index is 12.8. The lowest BCUT2D eigenvalue weighted by molar-refractivity contribution is -0.671. The van der Waals surface area contributed by atoms with Crippen LogP contribution in [-0.2, 0) is 43.7 Å². The first-order valence-electron chi connectivity index (χ1n) is 17.1. The number of esters is 1. The fourth-order valence-corrected chi connectivity index (χ4v) is 5.80. The lowest BCUT2D eigenvalue weighted by Gasteiger charge is -2.16. The lowest BCUT2D eigenvalue weighted by atomic mass is 10.1. The number of hydrogen-bond donors (Lipinski definition) is 6. The molecule has 4 atom stereocenters. The van der Waals surface area contributed by atoms with Crippen LogP contribution in [0.4, 0.5) is 17.2 Å². The van der Waals surface area contributed by atoms with Crippen molar-refractivity contribution >= 4 is 52.0 Å². The number of nitrogens with one attached hydrogen (secondary N) is 4. The Hall–Kier alpha value is -6.30. The first kappa shape index (κ1) is 37.5. The van der Waals surface area contributed by atoms with Crippen LogP contribution in [0.3, 0.4) is 0 Å². The van der Waals surface area contributed by atoms with E-state index in [4.69, 9.17) is 9.47 Å². The third-order valence-corrected chi connectivity index (χ3v) is 8.53. The van der Waals surface area contributed by atoms with E-state index in [9.17, 15) is 29.4 Å². The molecule has 280 valence electrons. The van der Waals surface area contributed by atoms with Gasteiger partial charge in [0.25, 0.3) is 0 Å². The van der Waals surface area contributed by atoms with E-state index < -0.39 is 30.5 Å². The maximum absolute atomic E-state index is 12.8. The van der Waals surface area contributed by atoms with Gasteiger partial charge in [-0.25, -0.2) is 24.3 Å². The highest BCUT2D eigenvalue weighted by Crippen LogP contribution is 2.33. The van der Waals surface area contributed by atoms with Crippen molar-refractivity contribution in [2.24, 2.45) is 7.05 Å². The van der Waals surface area contributed by atoms with Crippen LogP contribution >= 0.6 is 0 Å². The number of carbonyl (C=O) groups is 4. The number of benzene rings is 2. The number of imidazole rings is 1. The number of hydrogen-bond acceptors (Lipinski definition) is 12. The monoisotopic (exact) mass is 738 g/mol. The predicted octanol–water partition coefficient (Wildman–Crippen LogP) is 0.847. The molecule has 0 spiro atoms. The average Bonchev–Trinajstić information content (AvgIpc) is 3.71. The second-order valence-electron chi connectivity index (χ2n) is 12.7. The minimum atomic E-state index is -1.36. The molecule has 17 heteroatoms. The molecular weight excluding hydrogens is 698 g/mol. The summed E-state index contributed by atoms with van der Waals surface area (Å²) in [5.41, 5.74) is 3.87. The van der Waals surface area contributed by atoms with E-state index in [0.29, 0.717) is 47.0 Å². The molecule has 54 heavy (non-hydrogen) atoms. The number of pyridine rings is 1. The lowest BCUT2D eigenvalue weighted by Crippen LogP contribution is -2.34. The Kier molecular flexibility index (Phi) is 11.8. The summed E-state index contributed by atoms with van der Waals surface area (Å²) in [4.78, 5) is 61.4. The Balaban J connectivity index is 1.01. The second-order valence-corrected chi connectivity index (χ2v) is 12.7. The van der Waals surface area contributed by atoms with Crippen molar-refractivity contribution in [2.75, 3.05) is 30.3 Å². The Morgan fingerprint density at radius 2 is 1.56 bits per heavy atom. The number of anilines is 3. The molecule has 6 N–H and O–H groups in total. The number of ether oxygens (including phenoxy) is 2. The minimum Gasteiger partial charge on any atom is -0.459 e. The topological polar surface area (TPSA) is 223 Å². The molecule has 3 aromatic heterocycles. The van der Waals surface area contributed by atoms with E-state index in [1.54, 1.807) is 84.7 Å². The molecular formula is C37H40N9O8+. The van der Waals surface area contributed by atoms with Gasteiger partial charge in [0, 0.05) is 37.5 Å². The molecule has 1 fully saturated rings. The quantitative estimate of drug-likeness (QED) is 0.0530. The normalized spacial score (nSPS) is 17.9. The molecule has 5 aromatic rings. The molecule has 0 radical (unpaired) electrons. The van der Waals surface area contributed by atoms with Crippen LogP contribution in [-0.4, -0.2) is 91.4 Å². The van der Waals surface area contributed by atoms with Crippen molar-refractivity contribution in [1.29, 1.82) is 0 Å². The van der Waals surface area contributed by atoms with Crippen molar-refractivity contribution in [3.63, 3.8) is 0 Å². The molecule has 0 saturated carbocycles. The number of carbonyl (C=O) groups excluding carboxylic acids is 4. The smallest absolute Gasteiger partial charge is 0.344 e. The van der Waals surface area contributed by atoms with Gasteiger partial charge in [-0.05, 0) is 41.5 Å². The third kappa shape index (κ3) is 9.37. The predicted molar refractivity (Wildman–Crippen MR) is 193 cm³/mol. The summed E-state index contributed by atoms with van der Waals surface area (Å²) in [6.07, 6.45) is 1.69. The zero-order valence-electron chi connectivity index (χ0n) is 29.5. The Morgan fingerprint density at radius 3 is 2.26 bits per heavy atom. The summed E-state index contributed by atoms with van der Waals surface area (Å²) < 4.78 is 14.5. The maximum Gasteiger partial charge on any atom is 0.344 e. The van der Waals surface area contributed by atoms with Gasteiger partial charge < -0.3 is 41.0 Å². The van der Waals surface area contributed by atoms with Gasteiger partial charge in [0.05, 0.1) is 19.2 Å². The van der Waals surface area contributed by atoms with Gasteiger partial charge in [-0.3, -0.25) is 19.0 Å². The van der Waals surface area contributed by atoms with Crippen LogP contribution in [0.15, 0.2) is 85.7 Å². The standard InChI is InChI=1S/C37H39N9O8/c1-22(47)38-13-14-39-29(48)16-23-5-9-26(10-6-23)43-30(49)17-24-7-11-27(12-8-24)44-34-31-35(41-20-40-34)46(21-42-31)36-33(51)32(50)28(54-36)19-53-37(52)25-4-3-15-45(2)18-25/h3-12,15,18,20-21,28,32-33,36,50-51H,13-14,16-17,19H2,1-2H3,(H3-,38,39,40,41,43,44,47,48,49)/p+1/t28-,32-,33-,36-/m1/s1. The van der Waals surface area contributed by atoms with Crippen molar-refractivity contribution in [3.8, 4) is 0 Å². The molecule has 0 bridgehead atoms. The molecule has 1 aliphatic heterocycles. The third-order valence-electron chi connectivity index (χ3n) is 8.53. The van der Waals surface area contributed by atoms with E-state index in [1.807, 2.05) is 0 Å². The van der Waals surface area contributed by atoms with Crippen molar-refractivity contribution in [1.82, 2.24) is 30.2 Å². The van der Waals surface area contributed by atoms with Gasteiger partial charge in [-0.2, -0.15) is 0 Å². The van der Waals surface area contributed by atoms with Crippen LogP contribution < -0.4 is 25.8 Å². The first-order valence-corrected chi connectivity index (χ1v) is 17.1. The molecule has 0 aliphatic carbocycles. The van der Waals surface area contributed by atoms with Gasteiger partial charge in [-0.1, -0.05) is 24.3 Å². The van der Waals surface area contributed by atoms with Crippen molar-refractivity contribution < 1.29 is 43.4 Å². The van der Waals surface area contributed by atoms with E-state index >= 15 is 0 Å². The molecule has 0 unspecified atom stereocenters. The first-order chi connectivity index (χ1) is 26.0. The van der Waals surface area contributed by atoms with E-state index in [1.165, 1.54) is 24.1 Å². The number of nitrogens with zero attached hydrogens (tertiary/aromatic N) is 5. The SMILES string of the molecule is CC(=O)NCCNC(=O)Cc1ccc(NC(=O)Cc2ccc(Nc3ncnc4c3ncn4[C@@H]3O[C@H](COC(=O)c4ccc[n+](C)c4)[C@@H](O)[C@H]3O)cc2)cc1. The van der Waals surface area contributed by atoms with Gasteiger partial charge in [0.1, 0.15) is 43.9 Å². The van der Waals surface area contributed by atoms with Crippen LogP contribution in [0.5, 0.6) is 0 Å². The Morgan fingerprint density at radius 1 is 0.870 bits per heavy atom. The van der Waals surface area contributed by atoms with Crippen molar-refractivity contribution in [2.45, 2.75) is 44.3 Å². The zero-order valence-corrected chi connectivity index (χ0v) is 29.5. The van der Waals surface area contributed by atoms with Gasteiger partial charge in [-0.15, -0.1) is 0 Å². The number of aryl methyl sites for hydroxylation is 1. The Labute approximate surface area is 309 Å². The highest BCUT2D eigenvalue weighted by atomic mass is 16.6. The van der Waals surface area contributed by atoms with Gasteiger partial charge in [0.15, 0.2) is 35.6 Å². The number of amides is 3. The van der Waals surface area contributed by atoms with E-state index in [-0.39, 0.29) is 37.2 Å². The molecule has 3 amide bonds. The number of aliphatic hydroxyl groups is 2. The average molecular weight is 739 g/mol. The summed E-state index contributed by atoms with van der Waals surface area (Å²) in [6, 6.07) is 17.5.